The van der Waals surface area contributed by atoms with Crippen LogP contribution in [0.15, 0.2) is 4.99 Å². The molecule has 72 valence electrons. The highest BCUT2D eigenvalue weighted by molar-refractivity contribution is 5.37. The molecule has 2 atom stereocenters. The van der Waals surface area contributed by atoms with E-state index in [0.29, 0.717) is 18.4 Å². The van der Waals surface area contributed by atoms with E-state index in [1.165, 1.54) is 12.8 Å². The summed E-state index contributed by atoms with van der Waals surface area (Å²) in [4.78, 5) is 14.2. The van der Waals surface area contributed by atoms with Crippen LogP contribution in [0.2, 0.25) is 0 Å². The first-order valence-corrected chi connectivity index (χ1v) is 5.08. The van der Waals surface area contributed by atoms with Gasteiger partial charge in [-0.3, -0.25) is 0 Å². The Balaban J connectivity index is 2.12. The lowest BCUT2D eigenvalue weighted by atomic mass is 10.0. The third kappa shape index (κ3) is 1.23. The Kier molecular flexibility index (Phi) is 2.22. The number of hydrogen-bond donors (Lipinski definition) is 0. The van der Waals surface area contributed by atoms with Crippen molar-refractivity contribution >= 4 is 6.08 Å². The van der Waals surface area contributed by atoms with Crippen LogP contribution < -0.4 is 0 Å². The van der Waals surface area contributed by atoms with Gasteiger partial charge in [-0.1, -0.05) is 12.8 Å². The van der Waals surface area contributed by atoms with Gasteiger partial charge in [-0.15, -0.1) is 0 Å². The first kappa shape index (κ1) is 8.92. The molecule has 0 radical (unpaired) electrons. The largest absolute Gasteiger partial charge is 0.353 e. The van der Waals surface area contributed by atoms with E-state index >= 15 is 0 Å². The predicted octanol–water partition coefficient (Wildman–Crippen LogP) is 1.88. The molecule has 0 aromatic carbocycles. The van der Waals surface area contributed by atoms with Gasteiger partial charge in [-0.2, -0.15) is 4.99 Å². The number of hydrogen-bond acceptors (Lipinski definition) is 3. The van der Waals surface area contributed by atoms with Crippen LogP contribution in [0, 0.1) is 11.8 Å². The smallest absolute Gasteiger partial charge is 0.237 e. The van der Waals surface area contributed by atoms with Crippen molar-refractivity contribution in [3.05, 3.63) is 0 Å². The first-order chi connectivity index (χ1) is 6.35. The lowest BCUT2D eigenvalue weighted by Crippen LogP contribution is -2.15. The summed E-state index contributed by atoms with van der Waals surface area (Å²) in [5, 5.41) is 0. The van der Waals surface area contributed by atoms with Gasteiger partial charge in [0.1, 0.15) is 0 Å². The van der Waals surface area contributed by atoms with Gasteiger partial charge in [0.25, 0.3) is 0 Å². The molecule has 0 aliphatic heterocycles. The second kappa shape index (κ2) is 3.24. The van der Waals surface area contributed by atoms with Crippen molar-refractivity contribution in [1.82, 2.24) is 0 Å². The average Bonchev–Trinajstić information content (AvgIpc) is 2.77. The molecule has 2 aliphatic carbocycles. The van der Waals surface area contributed by atoms with Gasteiger partial charge in [-0.05, 0) is 19.8 Å². The van der Waals surface area contributed by atoms with Crippen LogP contribution in [0.1, 0.15) is 32.6 Å². The topological polar surface area (TPSA) is 38.7 Å². The number of rotatable bonds is 3. The summed E-state index contributed by atoms with van der Waals surface area (Å²) in [7, 11) is 0. The van der Waals surface area contributed by atoms with Crippen molar-refractivity contribution in [3.8, 4) is 0 Å². The number of nitrogens with zero attached hydrogens (tertiary/aromatic N) is 1. The zero-order chi connectivity index (χ0) is 9.31. The second-order valence-electron chi connectivity index (χ2n) is 3.89. The lowest BCUT2D eigenvalue weighted by molar-refractivity contribution is 0.0266. The summed E-state index contributed by atoms with van der Waals surface area (Å²) in [6.07, 6.45) is 6.50. The molecule has 2 saturated carbocycles. The Morgan fingerprint density at radius 2 is 2.08 bits per heavy atom. The third-order valence-electron chi connectivity index (χ3n) is 3.32. The van der Waals surface area contributed by atoms with Gasteiger partial charge >= 0.3 is 0 Å². The summed E-state index contributed by atoms with van der Waals surface area (Å²) >= 11 is 0. The van der Waals surface area contributed by atoms with E-state index in [2.05, 4.69) is 4.99 Å². The molecule has 2 aliphatic rings. The standard InChI is InChI=1S/C10H15NO2/c1-2-13-10(11-7-12)8-5-3-4-6-9(8)10/h8-9H,2-6H2,1H3. The normalized spacial score (nSPS) is 41.9. The van der Waals surface area contributed by atoms with Gasteiger partial charge < -0.3 is 4.74 Å². The molecule has 0 amide bonds. The highest BCUT2D eigenvalue weighted by Crippen LogP contribution is 2.61. The van der Waals surface area contributed by atoms with E-state index in [-0.39, 0.29) is 0 Å². The van der Waals surface area contributed by atoms with E-state index in [4.69, 9.17) is 4.74 Å². The maximum absolute atomic E-state index is 10.3. The van der Waals surface area contributed by atoms with E-state index in [1.54, 1.807) is 6.08 Å². The van der Waals surface area contributed by atoms with Gasteiger partial charge in [0.05, 0.1) is 0 Å². The van der Waals surface area contributed by atoms with Gasteiger partial charge in [0, 0.05) is 18.4 Å². The highest BCUT2D eigenvalue weighted by atomic mass is 16.5. The molecule has 13 heavy (non-hydrogen) atoms. The minimum absolute atomic E-state index is 0.451. The molecule has 0 aromatic heterocycles. The predicted molar refractivity (Wildman–Crippen MR) is 47.9 cm³/mol. The quantitative estimate of drug-likeness (QED) is 0.492. The van der Waals surface area contributed by atoms with E-state index in [9.17, 15) is 4.79 Å². The Bertz CT molecular complexity index is 233. The fourth-order valence-electron chi connectivity index (χ4n) is 2.75. The molecule has 0 saturated heterocycles. The van der Waals surface area contributed by atoms with Crippen LogP contribution in [0.5, 0.6) is 0 Å². The van der Waals surface area contributed by atoms with Crippen LogP contribution in [-0.4, -0.2) is 18.4 Å². The van der Waals surface area contributed by atoms with E-state index < -0.39 is 5.72 Å². The molecular weight excluding hydrogens is 166 g/mol. The van der Waals surface area contributed by atoms with Crippen LogP contribution in [0.4, 0.5) is 0 Å². The molecule has 3 nitrogen and oxygen atoms in total. The van der Waals surface area contributed by atoms with Crippen molar-refractivity contribution in [1.29, 1.82) is 0 Å². The molecule has 0 N–H and O–H groups in total. The van der Waals surface area contributed by atoms with Crippen LogP contribution in [0.3, 0.4) is 0 Å². The summed E-state index contributed by atoms with van der Waals surface area (Å²) in [5.74, 6) is 1.00. The van der Waals surface area contributed by atoms with Crippen molar-refractivity contribution < 1.29 is 9.53 Å². The molecular formula is C10H15NO2. The Morgan fingerprint density at radius 1 is 1.46 bits per heavy atom. The molecule has 0 heterocycles. The third-order valence-corrected chi connectivity index (χ3v) is 3.32. The summed E-state index contributed by atoms with van der Waals surface area (Å²) < 4.78 is 5.60. The monoisotopic (exact) mass is 181 g/mol. The minimum Gasteiger partial charge on any atom is -0.353 e. The maximum atomic E-state index is 10.3. The fraction of sp³-hybridized carbons (Fsp3) is 0.900. The first-order valence-electron chi connectivity index (χ1n) is 5.08. The van der Waals surface area contributed by atoms with Gasteiger partial charge in [0.2, 0.25) is 6.08 Å². The van der Waals surface area contributed by atoms with E-state index in [0.717, 1.165) is 12.8 Å². The zero-order valence-corrected chi connectivity index (χ0v) is 7.95. The van der Waals surface area contributed by atoms with Crippen LogP contribution in [0.25, 0.3) is 0 Å². The number of fused-ring (bicyclic) bond motifs is 1. The molecule has 2 rings (SSSR count). The molecule has 3 heteroatoms. The summed E-state index contributed by atoms with van der Waals surface area (Å²) in [5.41, 5.74) is -0.451. The molecule has 0 bridgehead atoms. The molecule has 0 aromatic rings. The Hall–Kier alpha value is -0.660. The Morgan fingerprint density at radius 3 is 2.54 bits per heavy atom. The maximum Gasteiger partial charge on any atom is 0.237 e. The fourth-order valence-corrected chi connectivity index (χ4v) is 2.75. The lowest BCUT2D eigenvalue weighted by Gasteiger charge is -2.09. The SMILES string of the molecule is CCOC1(N=C=O)C2CCCCC21. The molecule has 0 spiro atoms. The number of isocyanates is 1. The zero-order valence-electron chi connectivity index (χ0n) is 7.95. The van der Waals surface area contributed by atoms with Crippen molar-refractivity contribution in [3.63, 3.8) is 0 Å². The van der Waals surface area contributed by atoms with Crippen LogP contribution in [-0.2, 0) is 9.53 Å². The van der Waals surface area contributed by atoms with Gasteiger partial charge in [0.15, 0.2) is 5.72 Å². The van der Waals surface area contributed by atoms with Crippen LogP contribution >= 0.6 is 0 Å². The highest BCUT2D eigenvalue weighted by Gasteiger charge is 2.66. The van der Waals surface area contributed by atoms with Crippen molar-refractivity contribution in [2.24, 2.45) is 16.8 Å². The Labute approximate surface area is 78.2 Å². The summed E-state index contributed by atoms with van der Waals surface area (Å²) in [6.45, 7) is 2.59. The number of carbonyl (C=O) groups excluding carboxylic acids is 1. The number of ether oxygens (including phenoxy) is 1. The summed E-state index contributed by atoms with van der Waals surface area (Å²) in [6, 6.07) is 0. The molecule has 2 unspecified atom stereocenters. The number of aliphatic imine (C=N–C) groups is 1. The molecule has 2 fully saturated rings. The van der Waals surface area contributed by atoms with Gasteiger partial charge in [-0.25, -0.2) is 4.79 Å². The van der Waals surface area contributed by atoms with E-state index in [1.807, 2.05) is 6.92 Å². The minimum atomic E-state index is -0.451. The van der Waals surface area contributed by atoms with Crippen molar-refractivity contribution in [2.75, 3.05) is 6.61 Å². The second-order valence-corrected chi connectivity index (χ2v) is 3.89. The average molecular weight is 181 g/mol. The van der Waals surface area contributed by atoms with Crippen molar-refractivity contribution in [2.45, 2.75) is 38.3 Å².